The van der Waals surface area contributed by atoms with Crippen molar-refractivity contribution >= 4 is 22.3 Å². The number of unbranched alkanes of at least 4 members (excludes halogenated alkanes) is 7. The Morgan fingerprint density at radius 3 is 2.36 bits per heavy atom. The molecular weight excluding hydrogens is 367 g/mol. The second-order valence-corrected chi connectivity index (χ2v) is 9.98. The minimum Gasteiger partial charge on any atom is -0.464 e. The zero-order chi connectivity index (χ0) is 20.8. The van der Waals surface area contributed by atoms with Crippen LogP contribution in [0.4, 0.5) is 0 Å². The number of hydrogen-bond donors (Lipinski definition) is 1. The molecule has 5 nitrogen and oxygen atoms in total. The Morgan fingerprint density at radius 2 is 1.75 bits per heavy atom. The van der Waals surface area contributed by atoms with Crippen LogP contribution in [0.2, 0.25) is 4.28 Å². The molecule has 4 atom stereocenters. The van der Waals surface area contributed by atoms with Gasteiger partial charge in [0.1, 0.15) is 22.9 Å². The fourth-order valence-corrected chi connectivity index (χ4v) is 3.56. The lowest BCUT2D eigenvalue weighted by atomic mass is 10.0. The van der Waals surface area contributed by atoms with E-state index in [1.165, 1.54) is 44.9 Å². The summed E-state index contributed by atoms with van der Waals surface area (Å²) in [6.45, 7) is 11.6. The van der Waals surface area contributed by atoms with E-state index in [4.69, 9.17) is 9.57 Å². The van der Waals surface area contributed by atoms with Crippen molar-refractivity contribution < 1.29 is 14.4 Å². The fourth-order valence-electron chi connectivity index (χ4n) is 3.27. The normalized spacial score (nSPS) is 21.9. The molecule has 28 heavy (non-hydrogen) atoms. The predicted molar refractivity (Wildman–Crippen MR) is 117 cm³/mol. The average molecular weight is 411 g/mol. The molecule has 1 N–H and O–H groups in total. The van der Waals surface area contributed by atoms with E-state index in [0.717, 1.165) is 32.4 Å². The molecule has 0 saturated carbocycles. The van der Waals surface area contributed by atoms with Crippen LogP contribution >= 0.6 is 0 Å². The molecule has 1 rings (SSSR count). The number of carbonyl (C=O) groups is 1. The maximum absolute atomic E-state index is 12.6. The van der Waals surface area contributed by atoms with Gasteiger partial charge in [-0.1, -0.05) is 78.6 Å². The average Bonchev–Trinajstić information content (AvgIpc) is 3.36. The zero-order valence-electron chi connectivity index (χ0n) is 18.8. The van der Waals surface area contributed by atoms with Gasteiger partial charge in [0, 0.05) is 19.1 Å². The third-order valence-electron chi connectivity index (χ3n) is 5.47. The Labute approximate surface area is 181 Å². The molecular formula is C22H43AlN2O3. The summed E-state index contributed by atoms with van der Waals surface area (Å²) < 4.78 is 5.18. The molecule has 0 aromatic carbocycles. The van der Waals surface area contributed by atoms with Crippen LogP contribution in [0.15, 0.2) is 0 Å². The minimum atomic E-state index is -0.494. The molecule has 6 heteroatoms. The molecule has 0 aliphatic carbocycles. The third kappa shape index (κ3) is 11.8. The predicted octanol–water partition coefficient (Wildman–Crippen LogP) is 4.41. The highest BCUT2D eigenvalue weighted by Gasteiger charge is 2.33. The van der Waals surface area contributed by atoms with E-state index in [-0.39, 0.29) is 12.0 Å². The summed E-state index contributed by atoms with van der Waals surface area (Å²) in [5.74, 6) is -0.126. The Hall–Kier alpha value is -0.118. The van der Waals surface area contributed by atoms with Crippen molar-refractivity contribution in [1.82, 2.24) is 10.4 Å². The second-order valence-electron chi connectivity index (χ2n) is 8.71. The Kier molecular flexibility index (Phi) is 13.7. The van der Waals surface area contributed by atoms with Gasteiger partial charge in [-0.2, -0.15) is 5.48 Å². The number of rotatable bonds is 18. The van der Waals surface area contributed by atoms with Gasteiger partial charge in [-0.15, -0.1) is 0 Å². The molecule has 2 radical (unpaired) electrons. The summed E-state index contributed by atoms with van der Waals surface area (Å²) >= 11 is 2.70. The number of esters is 1. The van der Waals surface area contributed by atoms with Gasteiger partial charge >= 0.3 is 0 Å². The lowest BCUT2D eigenvalue weighted by molar-refractivity contribution is -0.149. The SMILES string of the molecule is CCCCCCCONC(COC(=O)[C](C)([Al])CCCCCC)CN1CC1C. The molecule has 1 aliphatic heterocycles. The molecule has 0 aromatic rings. The highest BCUT2D eigenvalue weighted by molar-refractivity contribution is 6.26. The number of hydroxylamine groups is 1. The topological polar surface area (TPSA) is 50.6 Å². The molecule has 1 fully saturated rings. The monoisotopic (exact) mass is 410 g/mol. The maximum Gasteiger partial charge on any atom is 0.295 e. The first kappa shape index (κ1) is 25.9. The first-order valence-electron chi connectivity index (χ1n) is 11.5. The first-order valence-corrected chi connectivity index (χ1v) is 12.1. The van der Waals surface area contributed by atoms with E-state index in [1.54, 1.807) is 0 Å². The molecule has 0 amide bonds. The fraction of sp³-hybridized carbons (Fsp3) is 0.955. The van der Waals surface area contributed by atoms with E-state index >= 15 is 0 Å². The van der Waals surface area contributed by atoms with Crippen LogP contribution in [0.25, 0.3) is 0 Å². The molecule has 1 aliphatic rings. The molecule has 162 valence electrons. The molecule has 1 heterocycles. The van der Waals surface area contributed by atoms with Crippen molar-refractivity contribution in [1.29, 1.82) is 0 Å². The van der Waals surface area contributed by atoms with E-state index < -0.39 is 4.28 Å². The summed E-state index contributed by atoms with van der Waals surface area (Å²) in [6, 6.07) is 0.644. The van der Waals surface area contributed by atoms with Crippen LogP contribution in [0.1, 0.15) is 91.9 Å². The summed E-state index contributed by atoms with van der Waals surface area (Å²) in [7, 11) is 0. The quantitative estimate of drug-likeness (QED) is 0.119. The van der Waals surface area contributed by atoms with E-state index in [2.05, 4.69) is 47.4 Å². The van der Waals surface area contributed by atoms with Gasteiger partial charge in [-0.25, -0.2) is 0 Å². The summed E-state index contributed by atoms with van der Waals surface area (Å²) in [5, 5.41) is 0. The van der Waals surface area contributed by atoms with Crippen LogP contribution in [0, 0.1) is 0 Å². The largest absolute Gasteiger partial charge is 0.464 e. The van der Waals surface area contributed by atoms with E-state index in [9.17, 15) is 4.79 Å². The van der Waals surface area contributed by atoms with Crippen LogP contribution in [-0.4, -0.2) is 65.5 Å². The standard InChI is InChI=1S/C22H43N2O3.Al/c1-5-7-9-11-13-15-27-23-21(17-24-16-20(24)4)18-26-22(25)19(3)14-12-10-8-6-2;/h20-21,23H,5-18H2,1-4H3;. The van der Waals surface area contributed by atoms with Gasteiger partial charge in [0.05, 0.1) is 12.6 Å². The van der Waals surface area contributed by atoms with Gasteiger partial charge in [-0.3, -0.25) is 9.69 Å². The van der Waals surface area contributed by atoms with Crippen LogP contribution in [0.5, 0.6) is 0 Å². The number of nitrogens with zero attached hydrogens (tertiary/aromatic N) is 1. The van der Waals surface area contributed by atoms with Gasteiger partial charge in [0.25, 0.3) is 5.97 Å². The van der Waals surface area contributed by atoms with Crippen molar-refractivity contribution in [2.75, 3.05) is 26.3 Å². The van der Waals surface area contributed by atoms with Crippen molar-refractivity contribution in [2.45, 2.75) is 108 Å². The van der Waals surface area contributed by atoms with Gasteiger partial charge in [0.15, 0.2) is 0 Å². The second kappa shape index (κ2) is 14.8. The maximum atomic E-state index is 12.6. The number of hydrogen-bond acceptors (Lipinski definition) is 5. The van der Waals surface area contributed by atoms with E-state index in [0.29, 0.717) is 19.3 Å². The Morgan fingerprint density at radius 1 is 1.14 bits per heavy atom. The number of carbonyl (C=O) groups excluding carboxylic acids is 1. The lowest BCUT2D eigenvalue weighted by Crippen LogP contribution is -2.41. The highest BCUT2D eigenvalue weighted by Crippen LogP contribution is 2.30. The van der Waals surface area contributed by atoms with Gasteiger partial charge in [0.2, 0.25) is 0 Å². The lowest BCUT2D eigenvalue weighted by Gasteiger charge is -2.26. The van der Waals surface area contributed by atoms with Crippen LogP contribution in [-0.2, 0) is 14.4 Å². The minimum absolute atomic E-state index is 0.0189. The summed E-state index contributed by atoms with van der Waals surface area (Å²) in [4.78, 5) is 20.6. The Bertz CT molecular complexity index is 421. The molecule has 1 saturated heterocycles. The molecule has 0 aromatic heterocycles. The van der Waals surface area contributed by atoms with Crippen molar-refractivity contribution in [3.63, 3.8) is 0 Å². The summed E-state index contributed by atoms with van der Waals surface area (Å²) in [6.07, 6.45) is 11.6. The van der Waals surface area contributed by atoms with Crippen LogP contribution in [0.3, 0.4) is 0 Å². The molecule has 0 spiro atoms. The highest BCUT2D eigenvalue weighted by atomic mass is 27.0. The molecule has 0 bridgehead atoms. The first-order chi connectivity index (χ1) is 13.4. The van der Waals surface area contributed by atoms with Gasteiger partial charge in [-0.05, 0) is 17.6 Å². The van der Waals surface area contributed by atoms with Crippen molar-refractivity contribution in [3.8, 4) is 0 Å². The van der Waals surface area contributed by atoms with Crippen LogP contribution < -0.4 is 5.48 Å². The number of ether oxygens (including phenoxy) is 1. The summed E-state index contributed by atoms with van der Waals surface area (Å²) in [5.41, 5.74) is 3.14. The van der Waals surface area contributed by atoms with Gasteiger partial charge < -0.3 is 9.57 Å². The Balaban J connectivity index is 2.30. The molecule has 4 unspecified atom stereocenters. The van der Waals surface area contributed by atoms with E-state index in [1.807, 2.05) is 6.92 Å². The smallest absolute Gasteiger partial charge is 0.295 e. The third-order valence-corrected chi connectivity index (χ3v) is 6.00. The zero-order valence-corrected chi connectivity index (χ0v) is 20.0. The van der Waals surface area contributed by atoms with Crippen molar-refractivity contribution in [3.05, 3.63) is 0 Å². The number of nitrogens with one attached hydrogen (secondary N) is 1. The van der Waals surface area contributed by atoms with Crippen molar-refractivity contribution in [2.24, 2.45) is 0 Å².